The van der Waals surface area contributed by atoms with Crippen molar-refractivity contribution in [3.8, 4) is 22.5 Å². The third-order valence-corrected chi connectivity index (χ3v) is 14.2. The van der Waals surface area contributed by atoms with Crippen LogP contribution < -0.4 is 20.4 Å². The number of nitrogens with zero attached hydrogens (tertiary/aromatic N) is 8. The molecule has 4 aliphatic rings. The fourth-order valence-corrected chi connectivity index (χ4v) is 10.5. The molecule has 10 rings (SSSR count). The minimum atomic E-state index is -0.403. The molecule has 15 nitrogen and oxygen atoms in total. The van der Waals surface area contributed by atoms with E-state index in [0.29, 0.717) is 48.4 Å². The summed E-state index contributed by atoms with van der Waals surface area (Å²) in [4.78, 5) is 65.5. The van der Waals surface area contributed by atoms with Crippen LogP contribution in [0, 0.1) is 12.8 Å². The summed E-state index contributed by atoms with van der Waals surface area (Å²) in [6.07, 6.45) is 10.9. The predicted octanol–water partition coefficient (Wildman–Crippen LogP) is 8.24. The summed E-state index contributed by atoms with van der Waals surface area (Å²) in [5, 5.41) is 10.3. The fraction of sp³-hybridized carbons (Fsp3) is 0.440. The molecule has 6 aromatic rings. The number of amides is 4. The number of carbonyl (C=O) groups excluding carboxylic acids is 3. The first-order valence-electron chi connectivity index (χ1n) is 23.1. The molecule has 0 aliphatic carbocycles. The number of hydrogen-bond donors (Lipinski definition) is 3. The maximum absolute atomic E-state index is 13.0. The third-order valence-electron chi connectivity index (χ3n) is 14.2. The number of piperidine rings is 2. The van der Waals surface area contributed by atoms with Gasteiger partial charge in [0, 0.05) is 66.7 Å². The average Bonchev–Trinajstić information content (AvgIpc) is 4.03. The predicted molar refractivity (Wildman–Crippen MR) is 249 cm³/mol. The monoisotopic (exact) mass is 875 g/mol. The van der Waals surface area contributed by atoms with Gasteiger partial charge in [0.15, 0.2) is 5.82 Å². The van der Waals surface area contributed by atoms with E-state index in [1.807, 2.05) is 58.9 Å². The number of anilines is 2. The van der Waals surface area contributed by atoms with Crippen LogP contribution in [-0.4, -0.2) is 91.1 Å². The van der Waals surface area contributed by atoms with Gasteiger partial charge in [0.25, 0.3) is 0 Å². The molecule has 2 bridgehead atoms. The standard InChI is InChI=1S/C50H57N11O4/c1-29-22-34(10-14-39(29)30(2)54-46(63)47-57-48(58-65-47)50(3,4)5)44-40-25-41(55-45(40)53-28-52-44)33-8-6-32(7-9-33)35-23-36-11-12-37(24-35)61(36)27-31-16-19-59(20-17-31)42-15-13-38(26-51-42)60-21-18-43(62)56-49(60)64/h6-10,13-15,22,25-26,28,30-31,35-37H,11-12,16-21,23-24,27H2,1-5H3,(H,54,63)(H,52,53,55)(H,56,62,64)/t30-,35?,36?,37?/m1/s1. The molecular formula is C50H57N11O4. The summed E-state index contributed by atoms with van der Waals surface area (Å²) in [6.45, 7) is 13.4. The molecule has 2 aromatic carbocycles. The number of hydrogen-bond acceptors (Lipinski definition) is 11. The lowest BCUT2D eigenvalue weighted by Gasteiger charge is -2.42. The van der Waals surface area contributed by atoms with Crippen molar-refractivity contribution >= 4 is 40.4 Å². The topological polar surface area (TPSA) is 178 Å². The van der Waals surface area contributed by atoms with Crippen molar-refractivity contribution in [1.82, 2.24) is 45.6 Å². The van der Waals surface area contributed by atoms with E-state index in [2.05, 4.69) is 76.9 Å². The molecular weight excluding hydrogens is 819 g/mol. The number of nitrogens with one attached hydrogen (secondary N) is 3. The first-order chi connectivity index (χ1) is 31.3. The van der Waals surface area contributed by atoms with Gasteiger partial charge in [-0.05, 0) is 111 Å². The van der Waals surface area contributed by atoms with Crippen LogP contribution in [0.15, 0.2) is 77.7 Å². The molecule has 3 N–H and O–H groups in total. The fourth-order valence-electron chi connectivity index (χ4n) is 10.5. The number of H-pyrrole nitrogens is 1. The molecule has 8 heterocycles. The Morgan fingerprint density at radius 1 is 0.908 bits per heavy atom. The highest BCUT2D eigenvalue weighted by atomic mass is 16.5. The van der Waals surface area contributed by atoms with Gasteiger partial charge in [-0.3, -0.25) is 24.7 Å². The summed E-state index contributed by atoms with van der Waals surface area (Å²) in [5.74, 6) is 2.00. The van der Waals surface area contributed by atoms with Gasteiger partial charge in [-0.15, -0.1) is 0 Å². The second-order valence-corrected chi connectivity index (χ2v) is 19.5. The van der Waals surface area contributed by atoms with Gasteiger partial charge in [-0.1, -0.05) is 62.3 Å². The van der Waals surface area contributed by atoms with Gasteiger partial charge in [-0.25, -0.2) is 19.7 Å². The molecule has 15 heteroatoms. The number of carbonyl (C=O) groups is 3. The molecule has 4 fully saturated rings. The zero-order valence-electron chi connectivity index (χ0n) is 37.8. The molecule has 0 radical (unpaired) electrons. The summed E-state index contributed by atoms with van der Waals surface area (Å²) < 4.78 is 5.26. The number of pyridine rings is 1. The molecule has 3 atom stereocenters. The van der Waals surface area contributed by atoms with Crippen LogP contribution in [0.3, 0.4) is 0 Å². The van der Waals surface area contributed by atoms with Crippen LogP contribution in [0.25, 0.3) is 33.5 Å². The van der Waals surface area contributed by atoms with Gasteiger partial charge in [0.2, 0.25) is 5.91 Å². The van der Waals surface area contributed by atoms with Crippen molar-refractivity contribution in [1.29, 1.82) is 0 Å². The first kappa shape index (κ1) is 42.5. The molecule has 65 heavy (non-hydrogen) atoms. The van der Waals surface area contributed by atoms with Crippen LogP contribution in [-0.2, 0) is 10.2 Å². The zero-order valence-corrected chi connectivity index (χ0v) is 37.8. The normalized spacial score (nSPS) is 21.2. The number of imide groups is 1. The summed E-state index contributed by atoms with van der Waals surface area (Å²) in [5.41, 5.74) is 8.57. The molecule has 4 aromatic heterocycles. The summed E-state index contributed by atoms with van der Waals surface area (Å²) in [6, 6.07) is 22.0. The lowest BCUT2D eigenvalue weighted by molar-refractivity contribution is -0.120. The van der Waals surface area contributed by atoms with Gasteiger partial charge in [0.05, 0.1) is 23.6 Å². The SMILES string of the molecule is Cc1cc(-c2ncnc3[nH]c(-c4ccc(C5CC6CCC(C5)N6CC5CCN(c6ccc(N7CCC(=O)NC7=O)cn6)CC5)cc4)cc23)ccc1[C@@H](C)NC(=O)c1nc(C(C)(C)C)no1. The van der Waals surface area contributed by atoms with Crippen molar-refractivity contribution in [2.24, 2.45) is 5.92 Å². The number of fused-ring (bicyclic) bond motifs is 3. The number of aromatic nitrogens is 6. The number of benzene rings is 2. The largest absolute Gasteiger partial charge is 0.357 e. The van der Waals surface area contributed by atoms with E-state index in [1.165, 1.54) is 37.8 Å². The van der Waals surface area contributed by atoms with Gasteiger partial charge in [0.1, 0.15) is 17.8 Å². The Morgan fingerprint density at radius 3 is 2.34 bits per heavy atom. The molecule has 2 unspecified atom stereocenters. The number of urea groups is 1. The van der Waals surface area contributed by atoms with Crippen molar-refractivity contribution in [3.63, 3.8) is 0 Å². The van der Waals surface area contributed by atoms with E-state index in [9.17, 15) is 14.4 Å². The Hall–Kier alpha value is -6.48. The molecule has 336 valence electrons. The van der Waals surface area contributed by atoms with Crippen LogP contribution in [0.2, 0.25) is 0 Å². The molecule has 4 saturated heterocycles. The van der Waals surface area contributed by atoms with E-state index in [4.69, 9.17) is 14.5 Å². The van der Waals surface area contributed by atoms with Crippen LogP contribution in [0.5, 0.6) is 0 Å². The quantitative estimate of drug-likeness (QED) is 0.121. The minimum absolute atomic E-state index is 0.0427. The minimum Gasteiger partial charge on any atom is -0.357 e. The van der Waals surface area contributed by atoms with Gasteiger partial charge in [-0.2, -0.15) is 4.98 Å². The summed E-state index contributed by atoms with van der Waals surface area (Å²) in [7, 11) is 0. The highest BCUT2D eigenvalue weighted by Crippen LogP contribution is 2.44. The highest BCUT2D eigenvalue weighted by Gasteiger charge is 2.42. The van der Waals surface area contributed by atoms with Crippen molar-refractivity contribution in [3.05, 3.63) is 102 Å². The second kappa shape index (κ2) is 17.1. The molecule has 4 aliphatic heterocycles. The molecule has 0 spiro atoms. The molecule has 4 amide bonds. The Morgan fingerprint density at radius 2 is 1.66 bits per heavy atom. The Bertz CT molecular complexity index is 2720. The van der Waals surface area contributed by atoms with Gasteiger partial charge >= 0.3 is 17.8 Å². The van der Waals surface area contributed by atoms with Crippen molar-refractivity contribution in [2.75, 3.05) is 36.0 Å². The Kier molecular flexibility index (Phi) is 11.2. The Balaban J connectivity index is 0.743. The first-order valence-corrected chi connectivity index (χ1v) is 23.1. The van der Waals surface area contributed by atoms with E-state index < -0.39 is 5.91 Å². The maximum atomic E-state index is 13.0. The summed E-state index contributed by atoms with van der Waals surface area (Å²) >= 11 is 0. The lowest BCUT2D eigenvalue weighted by Crippen LogP contribution is -2.49. The zero-order chi connectivity index (χ0) is 45.0. The smallest absolute Gasteiger partial charge is 0.328 e. The van der Waals surface area contributed by atoms with E-state index >= 15 is 0 Å². The number of aromatic amines is 1. The van der Waals surface area contributed by atoms with Crippen LogP contribution in [0.1, 0.15) is 118 Å². The molecule has 0 saturated carbocycles. The lowest BCUT2D eigenvalue weighted by atomic mass is 9.83. The van der Waals surface area contributed by atoms with E-state index in [1.54, 1.807) is 17.4 Å². The average molecular weight is 876 g/mol. The number of aryl methyl sites for hydroxylation is 1. The van der Waals surface area contributed by atoms with Crippen LogP contribution >= 0.6 is 0 Å². The third kappa shape index (κ3) is 8.61. The highest BCUT2D eigenvalue weighted by molar-refractivity contribution is 6.05. The van der Waals surface area contributed by atoms with Gasteiger partial charge < -0.3 is 19.7 Å². The Labute approximate surface area is 378 Å². The van der Waals surface area contributed by atoms with Crippen molar-refractivity contribution < 1.29 is 18.9 Å². The second-order valence-electron chi connectivity index (χ2n) is 19.5. The van der Waals surface area contributed by atoms with E-state index in [-0.39, 0.29) is 29.3 Å². The number of rotatable bonds is 10. The van der Waals surface area contributed by atoms with E-state index in [0.717, 1.165) is 76.4 Å². The van der Waals surface area contributed by atoms with Crippen LogP contribution in [0.4, 0.5) is 16.3 Å². The van der Waals surface area contributed by atoms with Crippen molar-refractivity contribution in [2.45, 2.75) is 109 Å². The maximum Gasteiger partial charge on any atom is 0.328 e.